The quantitative estimate of drug-likeness (QED) is 0.760. The Labute approximate surface area is 104 Å². The zero-order chi connectivity index (χ0) is 11.7. The number of benzene rings is 1. The highest BCUT2D eigenvalue weighted by atomic mass is 15.0. The number of fused-ring (bicyclic) bond motifs is 1. The lowest BCUT2D eigenvalue weighted by Crippen LogP contribution is -2.32. The molecule has 3 rings (SSSR count). The monoisotopic (exact) mass is 227 g/mol. The van der Waals surface area contributed by atoms with E-state index in [0.717, 1.165) is 0 Å². The van der Waals surface area contributed by atoms with Crippen LogP contribution in [0.1, 0.15) is 48.4 Å². The van der Waals surface area contributed by atoms with E-state index in [2.05, 4.69) is 42.6 Å². The summed E-state index contributed by atoms with van der Waals surface area (Å²) in [4.78, 5) is 0. The molecular formula is C16H21N. The molecule has 2 unspecified atom stereocenters. The summed E-state index contributed by atoms with van der Waals surface area (Å²) in [7, 11) is 0. The third kappa shape index (κ3) is 2.30. The average molecular weight is 227 g/mol. The van der Waals surface area contributed by atoms with Gasteiger partial charge in [-0.1, -0.05) is 35.9 Å². The zero-order valence-corrected chi connectivity index (χ0v) is 10.6. The van der Waals surface area contributed by atoms with Gasteiger partial charge < -0.3 is 5.32 Å². The van der Waals surface area contributed by atoms with E-state index in [0.29, 0.717) is 12.1 Å². The van der Waals surface area contributed by atoms with E-state index >= 15 is 0 Å². The molecule has 17 heavy (non-hydrogen) atoms. The van der Waals surface area contributed by atoms with Gasteiger partial charge in [-0.25, -0.2) is 0 Å². The molecule has 0 fully saturated rings. The van der Waals surface area contributed by atoms with Crippen LogP contribution in [0.25, 0.3) is 0 Å². The van der Waals surface area contributed by atoms with Gasteiger partial charge in [0, 0.05) is 12.1 Å². The van der Waals surface area contributed by atoms with Crippen molar-refractivity contribution >= 4 is 0 Å². The summed E-state index contributed by atoms with van der Waals surface area (Å²) in [6.45, 7) is 2.19. The van der Waals surface area contributed by atoms with Crippen LogP contribution in [0.4, 0.5) is 0 Å². The molecule has 1 nitrogen and oxygen atoms in total. The van der Waals surface area contributed by atoms with Crippen molar-refractivity contribution in [1.82, 2.24) is 5.32 Å². The molecule has 0 bridgehead atoms. The molecule has 1 aromatic carbocycles. The fourth-order valence-electron chi connectivity index (χ4n) is 3.12. The van der Waals surface area contributed by atoms with Crippen molar-refractivity contribution in [1.29, 1.82) is 0 Å². The van der Waals surface area contributed by atoms with Gasteiger partial charge in [-0.3, -0.25) is 0 Å². The normalized spacial score (nSPS) is 27.1. The molecule has 2 atom stereocenters. The summed E-state index contributed by atoms with van der Waals surface area (Å²) < 4.78 is 0. The number of nitrogens with one attached hydrogen (secondary N) is 1. The molecule has 0 aliphatic heterocycles. The Balaban J connectivity index is 1.74. The second-order valence-electron chi connectivity index (χ2n) is 5.44. The maximum atomic E-state index is 3.85. The van der Waals surface area contributed by atoms with E-state index in [9.17, 15) is 0 Å². The van der Waals surface area contributed by atoms with Crippen LogP contribution < -0.4 is 5.32 Å². The molecule has 0 amide bonds. The first-order chi connectivity index (χ1) is 8.33. The van der Waals surface area contributed by atoms with Gasteiger partial charge in [0.2, 0.25) is 0 Å². The van der Waals surface area contributed by atoms with Crippen molar-refractivity contribution in [3.05, 3.63) is 47.0 Å². The van der Waals surface area contributed by atoms with Crippen molar-refractivity contribution in [2.24, 2.45) is 0 Å². The Hall–Kier alpha value is -1.08. The Morgan fingerprint density at radius 3 is 2.94 bits per heavy atom. The third-order valence-electron chi connectivity index (χ3n) is 4.09. The minimum absolute atomic E-state index is 0.599. The predicted molar refractivity (Wildman–Crippen MR) is 72.2 cm³/mol. The fraction of sp³-hybridized carbons (Fsp3) is 0.500. The van der Waals surface area contributed by atoms with Crippen molar-refractivity contribution in [3.63, 3.8) is 0 Å². The molecule has 0 saturated heterocycles. The Morgan fingerprint density at radius 1 is 1.18 bits per heavy atom. The van der Waals surface area contributed by atoms with E-state index in [1.165, 1.54) is 37.7 Å². The van der Waals surface area contributed by atoms with Gasteiger partial charge >= 0.3 is 0 Å². The summed E-state index contributed by atoms with van der Waals surface area (Å²) in [5, 5.41) is 3.85. The molecule has 1 aromatic rings. The van der Waals surface area contributed by atoms with Crippen LogP contribution in [-0.2, 0) is 6.42 Å². The van der Waals surface area contributed by atoms with Crippen molar-refractivity contribution in [3.8, 4) is 0 Å². The smallest absolute Gasteiger partial charge is 0.0328 e. The van der Waals surface area contributed by atoms with Gasteiger partial charge in [-0.15, -0.1) is 0 Å². The Kier molecular flexibility index (Phi) is 3.02. The number of hydrogen-bond acceptors (Lipinski definition) is 1. The van der Waals surface area contributed by atoms with Gasteiger partial charge in [-0.05, 0) is 50.2 Å². The van der Waals surface area contributed by atoms with E-state index in [1.54, 1.807) is 11.1 Å². The number of allylic oxidation sites excluding steroid dienone is 1. The summed E-state index contributed by atoms with van der Waals surface area (Å²) >= 11 is 0. The van der Waals surface area contributed by atoms with Gasteiger partial charge in [0.15, 0.2) is 0 Å². The molecule has 2 aliphatic rings. The van der Waals surface area contributed by atoms with Crippen LogP contribution in [0.5, 0.6) is 0 Å². The predicted octanol–water partition coefficient (Wildman–Crippen LogP) is 3.68. The van der Waals surface area contributed by atoms with Gasteiger partial charge in [0.25, 0.3) is 0 Å². The highest BCUT2D eigenvalue weighted by Crippen LogP contribution is 2.32. The van der Waals surface area contributed by atoms with Gasteiger partial charge in [0.05, 0.1) is 0 Å². The molecule has 1 heteroatoms. The summed E-state index contributed by atoms with van der Waals surface area (Å²) in [6.07, 6.45) is 10.9. The first-order valence-electron chi connectivity index (χ1n) is 6.83. The second-order valence-corrected chi connectivity index (χ2v) is 5.44. The van der Waals surface area contributed by atoms with Crippen molar-refractivity contribution < 1.29 is 0 Å². The maximum Gasteiger partial charge on any atom is 0.0328 e. The number of rotatable bonds is 2. The fourth-order valence-corrected chi connectivity index (χ4v) is 3.12. The largest absolute Gasteiger partial charge is 0.307 e. The minimum atomic E-state index is 0.599. The highest BCUT2D eigenvalue weighted by molar-refractivity contribution is 5.37. The molecular weight excluding hydrogens is 206 g/mol. The van der Waals surface area contributed by atoms with Crippen LogP contribution >= 0.6 is 0 Å². The standard InChI is InChI=1S/C16H21N/c1-12-7-8-13-9-10-16(15(13)11-12)17-14-5-3-2-4-6-14/h2-3,7-8,11,14,16-17H,4-6,9-10H2,1H3. The van der Waals surface area contributed by atoms with Crippen molar-refractivity contribution in [2.45, 2.75) is 51.1 Å². The van der Waals surface area contributed by atoms with E-state index in [1.807, 2.05) is 0 Å². The maximum absolute atomic E-state index is 3.85. The van der Waals surface area contributed by atoms with Crippen LogP contribution in [0.15, 0.2) is 30.4 Å². The number of aryl methyl sites for hydroxylation is 2. The molecule has 0 aromatic heterocycles. The lowest BCUT2D eigenvalue weighted by atomic mass is 9.99. The van der Waals surface area contributed by atoms with Gasteiger partial charge in [0.1, 0.15) is 0 Å². The van der Waals surface area contributed by atoms with E-state index in [4.69, 9.17) is 0 Å². The van der Waals surface area contributed by atoms with E-state index in [-0.39, 0.29) is 0 Å². The molecule has 0 saturated carbocycles. The second kappa shape index (κ2) is 4.66. The van der Waals surface area contributed by atoms with Crippen molar-refractivity contribution in [2.75, 3.05) is 0 Å². The SMILES string of the molecule is Cc1ccc2c(c1)C(NC1CC=CCC1)CC2. The summed E-state index contributed by atoms with van der Waals surface area (Å²) in [5.41, 5.74) is 4.50. The third-order valence-corrected chi connectivity index (χ3v) is 4.09. The lowest BCUT2D eigenvalue weighted by molar-refractivity contribution is 0.407. The molecule has 2 aliphatic carbocycles. The molecule has 1 N–H and O–H groups in total. The van der Waals surface area contributed by atoms with Crippen LogP contribution in [0.3, 0.4) is 0 Å². The molecule has 0 heterocycles. The topological polar surface area (TPSA) is 12.0 Å². The molecule has 90 valence electrons. The minimum Gasteiger partial charge on any atom is -0.307 e. The average Bonchev–Trinajstić information content (AvgIpc) is 2.73. The van der Waals surface area contributed by atoms with Crippen LogP contribution in [-0.4, -0.2) is 6.04 Å². The highest BCUT2D eigenvalue weighted by Gasteiger charge is 2.24. The first kappa shape index (κ1) is 11.0. The number of hydrogen-bond donors (Lipinski definition) is 1. The molecule has 0 spiro atoms. The Morgan fingerprint density at radius 2 is 2.12 bits per heavy atom. The van der Waals surface area contributed by atoms with Crippen LogP contribution in [0.2, 0.25) is 0 Å². The Bertz CT molecular complexity index is 433. The summed E-state index contributed by atoms with van der Waals surface area (Å²) in [6, 6.07) is 8.22. The van der Waals surface area contributed by atoms with Gasteiger partial charge in [-0.2, -0.15) is 0 Å². The first-order valence-corrected chi connectivity index (χ1v) is 6.83. The van der Waals surface area contributed by atoms with Crippen LogP contribution in [0, 0.1) is 6.92 Å². The van der Waals surface area contributed by atoms with E-state index < -0.39 is 0 Å². The molecule has 0 radical (unpaired) electrons. The lowest BCUT2D eigenvalue weighted by Gasteiger charge is -2.24. The summed E-state index contributed by atoms with van der Waals surface area (Å²) in [5.74, 6) is 0. The zero-order valence-electron chi connectivity index (χ0n) is 10.6.